The zero-order valence-corrected chi connectivity index (χ0v) is 15.3. The first kappa shape index (κ1) is 17.4. The van der Waals surface area contributed by atoms with Gasteiger partial charge >= 0.3 is 0 Å². The van der Waals surface area contributed by atoms with Gasteiger partial charge < -0.3 is 15.3 Å². The van der Waals surface area contributed by atoms with E-state index in [0.29, 0.717) is 21.8 Å². The molecule has 0 aliphatic heterocycles. The van der Waals surface area contributed by atoms with Gasteiger partial charge in [-0.15, -0.1) is 10.2 Å². The lowest BCUT2D eigenvalue weighted by Gasteiger charge is -2.10. The molecule has 3 rings (SSSR count). The molecule has 0 spiro atoms. The molecule has 2 N–H and O–H groups in total. The van der Waals surface area contributed by atoms with E-state index < -0.39 is 0 Å². The molecule has 1 aromatic heterocycles. The van der Waals surface area contributed by atoms with Gasteiger partial charge in [-0.3, -0.25) is 0 Å². The van der Waals surface area contributed by atoms with Crippen molar-refractivity contribution in [2.75, 3.05) is 20.1 Å². The maximum Gasteiger partial charge on any atom is 0.210 e. The maximum absolute atomic E-state index is 6.15. The second-order valence-corrected chi connectivity index (χ2v) is 6.53. The van der Waals surface area contributed by atoms with Crippen molar-refractivity contribution in [2.45, 2.75) is 10.9 Å². The molecule has 0 unspecified atom stereocenters. The van der Waals surface area contributed by atoms with Crippen molar-refractivity contribution in [1.82, 2.24) is 14.9 Å². The Hall–Kier alpha value is -2.38. The van der Waals surface area contributed by atoms with Gasteiger partial charge in [0, 0.05) is 21.9 Å². The van der Waals surface area contributed by atoms with Gasteiger partial charge in [-0.25, -0.2) is 4.68 Å². The lowest BCUT2D eigenvalue weighted by atomic mass is 10.2. The number of rotatable bonds is 6. The van der Waals surface area contributed by atoms with E-state index in [0.717, 1.165) is 22.6 Å². The maximum atomic E-state index is 6.15. The fraction of sp³-hybridized carbons (Fsp3) is 0.176. The van der Waals surface area contributed by atoms with E-state index in [4.69, 9.17) is 26.9 Å². The van der Waals surface area contributed by atoms with Crippen LogP contribution in [0.4, 0.5) is 0 Å². The zero-order valence-electron chi connectivity index (χ0n) is 13.8. The summed E-state index contributed by atoms with van der Waals surface area (Å²) in [6.45, 7) is 0. The minimum atomic E-state index is 0.580. The highest BCUT2D eigenvalue weighted by Crippen LogP contribution is 2.31. The van der Waals surface area contributed by atoms with E-state index in [1.165, 1.54) is 16.4 Å². The van der Waals surface area contributed by atoms with Crippen molar-refractivity contribution >= 4 is 23.4 Å². The number of hydrogen-bond acceptors (Lipinski definition) is 6. The summed E-state index contributed by atoms with van der Waals surface area (Å²) in [5.74, 6) is 8.90. The fourth-order valence-corrected chi connectivity index (χ4v) is 3.27. The topological polar surface area (TPSA) is 75.2 Å². The Labute approximate surface area is 154 Å². The Kier molecular flexibility index (Phi) is 5.35. The molecule has 0 saturated carbocycles. The summed E-state index contributed by atoms with van der Waals surface area (Å²) in [6, 6.07) is 13.0. The minimum absolute atomic E-state index is 0.580. The molecule has 3 aromatic rings. The number of thioether (sulfide) groups is 1. The smallest absolute Gasteiger partial charge is 0.210 e. The lowest BCUT2D eigenvalue weighted by Crippen LogP contribution is -2.11. The summed E-state index contributed by atoms with van der Waals surface area (Å²) in [5.41, 5.74) is 1.84. The van der Waals surface area contributed by atoms with Crippen molar-refractivity contribution in [2.24, 2.45) is 0 Å². The van der Waals surface area contributed by atoms with E-state index in [1.54, 1.807) is 26.4 Å². The summed E-state index contributed by atoms with van der Waals surface area (Å²) >= 11 is 7.38. The molecule has 0 aliphatic rings. The van der Waals surface area contributed by atoms with E-state index in [2.05, 4.69) is 10.2 Å². The number of nitrogens with two attached hydrogens (primary N) is 1. The van der Waals surface area contributed by atoms with Crippen LogP contribution in [0.1, 0.15) is 5.56 Å². The van der Waals surface area contributed by atoms with Crippen molar-refractivity contribution in [3.8, 4) is 22.9 Å². The van der Waals surface area contributed by atoms with Gasteiger partial charge in [-0.05, 0) is 42.5 Å². The second kappa shape index (κ2) is 7.67. The summed E-state index contributed by atoms with van der Waals surface area (Å²) < 4.78 is 12.1. The van der Waals surface area contributed by atoms with Crippen LogP contribution in [0.15, 0.2) is 47.6 Å². The molecule has 8 heteroatoms. The van der Waals surface area contributed by atoms with E-state index >= 15 is 0 Å². The van der Waals surface area contributed by atoms with Gasteiger partial charge in [0.15, 0.2) is 5.82 Å². The molecule has 6 nitrogen and oxygen atoms in total. The van der Waals surface area contributed by atoms with Crippen LogP contribution in [0, 0.1) is 0 Å². The Balaban J connectivity index is 1.80. The lowest BCUT2D eigenvalue weighted by molar-refractivity contribution is 0.400. The number of hydrogen-bond donors (Lipinski definition) is 1. The monoisotopic (exact) mass is 376 g/mol. The van der Waals surface area contributed by atoms with Gasteiger partial charge in [-0.2, -0.15) is 0 Å². The number of methoxy groups -OCH3 is 2. The summed E-state index contributed by atoms with van der Waals surface area (Å²) in [5, 5.41) is 9.61. The van der Waals surface area contributed by atoms with Gasteiger partial charge in [0.25, 0.3) is 0 Å². The fourth-order valence-electron chi connectivity index (χ4n) is 2.31. The molecule has 0 amide bonds. The van der Waals surface area contributed by atoms with Crippen LogP contribution in [-0.4, -0.2) is 29.1 Å². The largest absolute Gasteiger partial charge is 0.497 e. The Morgan fingerprint density at radius 1 is 1.08 bits per heavy atom. The first-order chi connectivity index (χ1) is 12.1. The Bertz CT molecular complexity index is 868. The number of nitrogens with zero attached hydrogens (tertiary/aromatic N) is 3. The predicted octanol–water partition coefficient (Wildman–Crippen LogP) is 3.62. The third-order valence-corrected chi connectivity index (χ3v) is 4.86. The summed E-state index contributed by atoms with van der Waals surface area (Å²) in [7, 11) is 3.27. The van der Waals surface area contributed by atoms with Gasteiger partial charge in [0.2, 0.25) is 5.16 Å². The third-order valence-electron chi connectivity index (χ3n) is 3.61. The summed E-state index contributed by atoms with van der Waals surface area (Å²) in [6.07, 6.45) is 0. The van der Waals surface area contributed by atoms with Crippen LogP contribution >= 0.6 is 23.4 Å². The van der Waals surface area contributed by atoms with Gasteiger partial charge in [0.05, 0.1) is 14.2 Å². The SMILES string of the molecule is COc1ccc(OC)c(CSc2nnc(-c3ccc(Cl)cc3)n2N)c1. The number of nitrogen functional groups attached to an aromatic ring is 1. The molecule has 130 valence electrons. The van der Waals surface area contributed by atoms with Crippen LogP contribution in [-0.2, 0) is 5.75 Å². The van der Waals surface area contributed by atoms with Gasteiger partial charge in [0.1, 0.15) is 11.5 Å². The van der Waals surface area contributed by atoms with Crippen LogP contribution in [0.3, 0.4) is 0 Å². The van der Waals surface area contributed by atoms with Crippen molar-refractivity contribution < 1.29 is 9.47 Å². The first-order valence-electron chi connectivity index (χ1n) is 7.42. The average molecular weight is 377 g/mol. The molecule has 25 heavy (non-hydrogen) atoms. The highest BCUT2D eigenvalue weighted by Gasteiger charge is 2.14. The van der Waals surface area contributed by atoms with Crippen LogP contribution in [0.2, 0.25) is 5.02 Å². The zero-order chi connectivity index (χ0) is 17.8. The minimum Gasteiger partial charge on any atom is -0.497 e. The highest BCUT2D eigenvalue weighted by atomic mass is 35.5. The molecule has 0 atom stereocenters. The van der Waals surface area contributed by atoms with E-state index in [9.17, 15) is 0 Å². The molecule has 0 fully saturated rings. The molecule has 2 aromatic carbocycles. The number of benzene rings is 2. The van der Waals surface area contributed by atoms with Crippen molar-refractivity contribution in [3.05, 3.63) is 53.1 Å². The van der Waals surface area contributed by atoms with E-state index in [-0.39, 0.29) is 0 Å². The molecule has 1 heterocycles. The summed E-state index contributed by atoms with van der Waals surface area (Å²) in [4.78, 5) is 0. The molecule has 0 aliphatic carbocycles. The number of ether oxygens (including phenoxy) is 2. The molecular weight excluding hydrogens is 360 g/mol. The van der Waals surface area contributed by atoms with Crippen LogP contribution in [0.5, 0.6) is 11.5 Å². The van der Waals surface area contributed by atoms with E-state index in [1.807, 2.05) is 30.3 Å². The molecule has 0 radical (unpaired) electrons. The van der Waals surface area contributed by atoms with Crippen molar-refractivity contribution in [3.63, 3.8) is 0 Å². The standard InChI is InChI=1S/C17H17ClN4O2S/c1-23-14-7-8-15(24-2)12(9-14)10-25-17-21-20-16(22(17)19)11-3-5-13(18)6-4-11/h3-9H,10,19H2,1-2H3. The number of halogens is 1. The predicted molar refractivity (Wildman–Crippen MR) is 99.7 cm³/mol. The average Bonchev–Trinajstić information content (AvgIpc) is 3.01. The molecular formula is C17H17ClN4O2S. The molecule has 0 bridgehead atoms. The normalized spacial score (nSPS) is 10.7. The quantitative estimate of drug-likeness (QED) is 0.523. The first-order valence-corrected chi connectivity index (χ1v) is 8.79. The van der Waals surface area contributed by atoms with Crippen LogP contribution < -0.4 is 15.3 Å². The Morgan fingerprint density at radius 3 is 2.52 bits per heavy atom. The highest BCUT2D eigenvalue weighted by molar-refractivity contribution is 7.98. The van der Waals surface area contributed by atoms with Crippen LogP contribution in [0.25, 0.3) is 11.4 Å². The Morgan fingerprint density at radius 2 is 1.84 bits per heavy atom. The molecule has 0 saturated heterocycles. The third kappa shape index (κ3) is 3.83. The second-order valence-electron chi connectivity index (χ2n) is 5.15. The van der Waals surface area contributed by atoms with Crippen molar-refractivity contribution in [1.29, 1.82) is 0 Å². The number of aromatic nitrogens is 3. The van der Waals surface area contributed by atoms with Gasteiger partial charge in [-0.1, -0.05) is 23.4 Å².